The zero-order chi connectivity index (χ0) is 20.2. The minimum atomic E-state index is 0.210. The van der Waals surface area contributed by atoms with Crippen LogP contribution in [0.15, 0.2) is 60.7 Å². The van der Waals surface area contributed by atoms with Crippen molar-refractivity contribution in [1.82, 2.24) is 16.0 Å². The molecule has 1 saturated heterocycles. The number of unbranched alkanes of at least 4 members (excludes halogenated alkanes) is 1. The predicted octanol–water partition coefficient (Wildman–Crippen LogP) is 3.69. The molecule has 4 nitrogen and oxygen atoms in total. The largest absolute Gasteiger partial charge is 0.356 e. The van der Waals surface area contributed by atoms with Crippen LogP contribution in [0.3, 0.4) is 0 Å². The number of rotatable bonds is 11. The third kappa shape index (κ3) is 7.30. The molecular weight excluding hydrogens is 358 g/mol. The Kier molecular flexibility index (Phi) is 9.21. The number of amides is 1. The van der Waals surface area contributed by atoms with Crippen molar-refractivity contribution < 1.29 is 4.79 Å². The Hall–Kier alpha value is -2.17. The summed E-state index contributed by atoms with van der Waals surface area (Å²) in [5, 5.41) is 10.0. The van der Waals surface area contributed by atoms with Crippen LogP contribution in [-0.4, -0.2) is 38.6 Å². The van der Waals surface area contributed by atoms with E-state index in [4.69, 9.17) is 0 Å². The SMILES string of the molecule is O=C(NCCCCNCCC(c1ccccc1)c1ccccc1)C1CCNCC1. The van der Waals surface area contributed by atoms with Crippen molar-refractivity contribution >= 4 is 5.91 Å². The number of carbonyl (C=O) groups is 1. The molecule has 0 unspecified atom stereocenters. The summed E-state index contributed by atoms with van der Waals surface area (Å²) in [6.45, 7) is 4.72. The first kappa shape index (κ1) is 21.5. The summed E-state index contributed by atoms with van der Waals surface area (Å²) in [6.07, 6.45) is 5.15. The van der Waals surface area contributed by atoms with E-state index < -0.39 is 0 Å². The fraction of sp³-hybridized carbons (Fsp3) is 0.480. The van der Waals surface area contributed by atoms with Crippen LogP contribution in [0.1, 0.15) is 49.1 Å². The smallest absolute Gasteiger partial charge is 0.223 e. The summed E-state index contributed by atoms with van der Waals surface area (Å²) < 4.78 is 0. The summed E-state index contributed by atoms with van der Waals surface area (Å²) in [6, 6.07) is 21.5. The zero-order valence-electron chi connectivity index (χ0n) is 17.4. The minimum absolute atomic E-state index is 0.210. The fourth-order valence-electron chi connectivity index (χ4n) is 4.08. The van der Waals surface area contributed by atoms with Crippen molar-refractivity contribution in [3.63, 3.8) is 0 Å². The van der Waals surface area contributed by atoms with Crippen molar-refractivity contribution in [2.75, 3.05) is 32.7 Å². The molecule has 1 amide bonds. The molecule has 1 aliphatic heterocycles. The molecule has 29 heavy (non-hydrogen) atoms. The maximum atomic E-state index is 12.1. The van der Waals surface area contributed by atoms with Crippen molar-refractivity contribution in [2.24, 2.45) is 5.92 Å². The quantitative estimate of drug-likeness (QED) is 0.510. The van der Waals surface area contributed by atoms with Gasteiger partial charge in [-0.3, -0.25) is 4.79 Å². The van der Waals surface area contributed by atoms with E-state index in [9.17, 15) is 4.79 Å². The van der Waals surface area contributed by atoms with Gasteiger partial charge in [-0.25, -0.2) is 0 Å². The molecule has 0 bridgehead atoms. The highest BCUT2D eigenvalue weighted by Crippen LogP contribution is 2.27. The maximum Gasteiger partial charge on any atom is 0.223 e. The van der Waals surface area contributed by atoms with Gasteiger partial charge in [-0.2, -0.15) is 0 Å². The summed E-state index contributed by atoms with van der Waals surface area (Å²) in [7, 11) is 0. The monoisotopic (exact) mass is 393 g/mol. The summed E-state index contributed by atoms with van der Waals surface area (Å²) in [5.41, 5.74) is 2.75. The Labute approximate surface area is 175 Å². The summed E-state index contributed by atoms with van der Waals surface area (Å²) in [4.78, 5) is 12.1. The Morgan fingerprint density at radius 3 is 2.07 bits per heavy atom. The Morgan fingerprint density at radius 1 is 0.862 bits per heavy atom. The van der Waals surface area contributed by atoms with E-state index >= 15 is 0 Å². The lowest BCUT2D eigenvalue weighted by molar-refractivity contribution is -0.125. The van der Waals surface area contributed by atoms with Crippen LogP contribution in [0, 0.1) is 5.92 Å². The van der Waals surface area contributed by atoms with Crippen LogP contribution < -0.4 is 16.0 Å². The predicted molar refractivity (Wildman–Crippen MR) is 120 cm³/mol. The van der Waals surface area contributed by atoms with Gasteiger partial charge < -0.3 is 16.0 Å². The number of carbonyl (C=O) groups excluding carboxylic acids is 1. The molecule has 3 N–H and O–H groups in total. The van der Waals surface area contributed by atoms with Crippen LogP contribution in [0.5, 0.6) is 0 Å². The van der Waals surface area contributed by atoms with Crippen molar-refractivity contribution in [1.29, 1.82) is 0 Å². The molecule has 1 aliphatic rings. The topological polar surface area (TPSA) is 53.2 Å². The van der Waals surface area contributed by atoms with Gasteiger partial charge in [0, 0.05) is 18.4 Å². The fourth-order valence-corrected chi connectivity index (χ4v) is 4.08. The lowest BCUT2D eigenvalue weighted by Crippen LogP contribution is -2.38. The molecule has 4 heteroatoms. The van der Waals surface area contributed by atoms with Crippen LogP contribution in [0.25, 0.3) is 0 Å². The minimum Gasteiger partial charge on any atom is -0.356 e. The first-order chi connectivity index (χ1) is 14.3. The Bertz CT molecular complexity index is 659. The number of hydrogen-bond donors (Lipinski definition) is 3. The normalized spacial score (nSPS) is 14.8. The Balaban J connectivity index is 1.32. The summed E-state index contributed by atoms with van der Waals surface area (Å²) >= 11 is 0. The van der Waals surface area contributed by atoms with Gasteiger partial charge in [0.05, 0.1) is 0 Å². The van der Waals surface area contributed by atoms with Crippen molar-refractivity contribution in [3.05, 3.63) is 71.8 Å². The molecule has 2 aromatic rings. The van der Waals surface area contributed by atoms with Crippen LogP contribution in [0.2, 0.25) is 0 Å². The highest BCUT2D eigenvalue weighted by molar-refractivity contribution is 5.78. The summed E-state index contributed by atoms with van der Waals surface area (Å²) in [5.74, 6) is 0.879. The number of nitrogens with one attached hydrogen (secondary N) is 3. The second-order valence-electron chi connectivity index (χ2n) is 7.94. The van der Waals surface area contributed by atoms with Crippen molar-refractivity contribution in [2.45, 2.75) is 38.0 Å². The highest BCUT2D eigenvalue weighted by atomic mass is 16.1. The average Bonchev–Trinajstić information content (AvgIpc) is 2.79. The molecule has 0 spiro atoms. The van der Waals surface area contributed by atoms with Crippen LogP contribution in [-0.2, 0) is 4.79 Å². The van der Waals surface area contributed by atoms with E-state index in [1.54, 1.807) is 0 Å². The molecule has 0 aromatic heterocycles. The highest BCUT2D eigenvalue weighted by Gasteiger charge is 2.20. The van der Waals surface area contributed by atoms with Gasteiger partial charge in [0.25, 0.3) is 0 Å². The molecule has 0 atom stereocenters. The van der Waals surface area contributed by atoms with Crippen LogP contribution >= 0.6 is 0 Å². The lowest BCUT2D eigenvalue weighted by atomic mass is 9.88. The molecule has 156 valence electrons. The van der Waals surface area contributed by atoms with Gasteiger partial charge in [0.2, 0.25) is 5.91 Å². The van der Waals surface area contributed by atoms with Crippen LogP contribution in [0.4, 0.5) is 0 Å². The van der Waals surface area contributed by atoms with Gasteiger partial charge >= 0.3 is 0 Å². The van der Waals surface area contributed by atoms with E-state index in [0.717, 1.165) is 64.8 Å². The van der Waals surface area contributed by atoms with E-state index in [1.165, 1.54) is 11.1 Å². The van der Waals surface area contributed by atoms with Gasteiger partial charge in [-0.05, 0) is 69.4 Å². The van der Waals surface area contributed by atoms with Crippen molar-refractivity contribution in [3.8, 4) is 0 Å². The molecule has 3 rings (SSSR count). The van der Waals surface area contributed by atoms with E-state index in [-0.39, 0.29) is 11.8 Å². The number of hydrogen-bond acceptors (Lipinski definition) is 3. The maximum absolute atomic E-state index is 12.1. The molecule has 0 radical (unpaired) electrons. The standard InChI is InChI=1S/C25H35N3O/c29-25(23-13-18-27-19-14-23)28-17-8-7-16-26-20-15-24(21-9-3-1-4-10-21)22-11-5-2-6-12-22/h1-6,9-12,23-24,26-27H,7-8,13-20H2,(H,28,29). The first-order valence-corrected chi connectivity index (χ1v) is 11.1. The van der Waals surface area contributed by atoms with Gasteiger partial charge in [-0.15, -0.1) is 0 Å². The zero-order valence-corrected chi connectivity index (χ0v) is 17.4. The Morgan fingerprint density at radius 2 is 1.45 bits per heavy atom. The molecule has 1 fully saturated rings. The van der Waals surface area contributed by atoms with E-state index in [0.29, 0.717) is 5.92 Å². The van der Waals surface area contributed by atoms with E-state index in [2.05, 4.69) is 76.6 Å². The van der Waals surface area contributed by atoms with Gasteiger partial charge in [0.1, 0.15) is 0 Å². The second kappa shape index (κ2) is 12.4. The number of piperidine rings is 1. The van der Waals surface area contributed by atoms with Gasteiger partial charge in [0.15, 0.2) is 0 Å². The van der Waals surface area contributed by atoms with Gasteiger partial charge in [-0.1, -0.05) is 60.7 Å². The average molecular weight is 394 g/mol. The molecular formula is C25H35N3O. The number of benzene rings is 2. The third-order valence-electron chi connectivity index (χ3n) is 5.80. The molecule has 0 aliphatic carbocycles. The van der Waals surface area contributed by atoms with E-state index in [1.807, 2.05) is 0 Å². The molecule has 0 saturated carbocycles. The molecule has 2 aromatic carbocycles. The lowest BCUT2D eigenvalue weighted by Gasteiger charge is -2.21. The first-order valence-electron chi connectivity index (χ1n) is 11.1. The third-order valence-corrected chi connectivity index (χ3v) is 5.80. The molecule has 1 heterocycles. The second-order valence-corrected chi connectivity index (χ2v) is 7.94.